The van der Waals surface area contributed by atoms with Crippen molar-refractivity contribution >= 4 is 43.2 Å². The van der Waals surface area contributed by atoms with Crippen molar-refractivity contribution in [2.45, 2.75) is 4.90 Å². The lowest BCUT2D eigenvalue weighted by Gasteiger charge is -2.09. The standard InChI is InChI=1S/C12H9BrClNO3S/c13-8-2-1-3-10(6-8)19(17,18)15-9-4-5-12(16)11(14)7-9/h1-7,15-16H. The Morgan fingerprint density at radius 3 is 2.53 bits per heavy atom. The van der Waals surface area contributed by atoms with Gasteiger partial charge in [-0.15, -0.1) is 0 Å². The molecule has 0 atom stereocenters. The van der Waals surface area contributed by atoms with E-state index in [1.54, 1.807) is 12.1 Å². The van der Waals surface area contributed by atoms with Crippen LogP contribution in [0.5, 0.6) is 5.75 Å². The first-order chi connectivity index (χ1) is 8.88. The van der Waals surface area contributed by atoms with Gasteiger partial charge in [-0.05, 0) is 36.4 Å². The summed E-state index contributed by atoms with van der Waals surface area (Å²) in [7, 11) is -3.69. The first kappa shape index (κ1) is 14.2. The average molecular weight is 363 g/mol. The topological polar surface area (TPSA) is 66.4 Å². The van der Waals surface area contributed by atoms with Gasteiger partial charge in [0.25, 0.3) is 10.0 Å². The summed E-state index contributed by atoms with van der Waals surface area (Å²) in [5.41, 5.74) is 0.280. The summed E-state index contributed by atoms with van der Waals surface area (Å²) < 4.78 is 27.3. The Balaban J connectivity index is 2.33. The molecule has 0 fully saturated rings. The third-order valence-electron chi connectivity index (χ3n) is 2.31. The molecule has 2 rings (SSSR count). The van der Waals surface area contributed by atoms with Gasteiger partial charge in [0, 0.05) is 4.47 Å². The van der Waals surface area contributed by atoms with Crippen molar-refractivity contribution in [2.75, 3.05) is 4.72 Å². The fraction of sp³-hybridized carbons (Fsp3) is 0. The highest BCUT2D eigenvalue weighted by Crippen LogP contribution is 2.27. The highest BCUT2D eigenvalue weighted by Gasteiger charge is 2.14. The Bertz CT molecular complexity index is 719. The maximum absolute atomic E-state index is 12.1. The Labute approximate surface area is 124 Å². The van der Waals surface area contributed by atoms with Crippen LogP contribution in [0.15, 0.2) is 51.8 Å². The Hall–Kier alpha value is -1.24. The quantitative estimate of drug-likeness (QED) is 0.820. The van der Waals surface area contributed by atoms with Crippen molar-refractivity contribution in [1.82, 2.24) is 0 Å². The SMILES string of the molecule is O=S(=O)(Nc1ccc(O)c(Cl)c1)c1cccc(Br)c1. The third kappa shape index (κ3) is 3.40. The summed E-state index contributed by atoms with van der Waals surface area (Å²) in [5.74, 6) is -0.105. The molecule has 7 heteroatoms. The van der Waals surface area contributed by atoms with Gasteiger partial charge in [-0.2, -0.15) is 0 Å². The Kier molecular flexibility index (Phi) is 4.03. The number of hydrogen-bond donors (Lipinski definition) is 2. The Morgan fingerprint density at radius 1 is 1.16 bits per heavy atom. The maximum atomic E-state index is 12.1. The summed E-state index contributed by atoms with van der Waals surface area (Å²) in [5, 5.41) is 9.36. The molecule has 100 valence electrons. The lowest BCUT2D eigenvalue weighted by molar-refractivity contribution is 0.475. The van der Waals surface area contributed by atoms with Gasteiger partial charge >= 0.3 is 0 Å². The Morgan fingerprint density at radius 2 is 1.89 bits per heavy atom. The highest BCUT2D eigenvalue weighted by atomic mass is 79.9. The smallest absolute Gasteiger partial charge is 0.261 e. The second-order valence-corrected chi connectivity index (χ2v) is 6.73. The van der Waals surface area contributed by atoms with E-state index in [0.717, 1.165) is 0 Å². The van der Waals surface area contributed by atoms with Crippen LogP contribution >= 0.6 is 27.5 Å². The van der Waals surface area contributed by atoms with Crippen LogP contribution < -0.4 is 4.72 Å². The predicted octanol–water partition coefficient (Wildman–Crippen LogP) is 3.61. The molecule has 0 aliphatic rings. The van der Waals surface area contributed by atoms with Gasteiger partial charge < -0.3 is 5.11 Å². The molecule has 0 spiro atoms. The van der Waals surface area contributed by atoms with E-state index in [4.69, 9.17) is 11.6 Å². The van der Waals surface area contributed by atoms with E-state index >= 15 is 0 Å². The van der Waals surface area contributed by atoms with Gasteiger partial charge in [-0.1, -0.05) is 33.6 Å². The summed E-state index contributed by atoms with van der Waals surface area (Å²) in [6.07, 6.45) is 0. The van der Waals surface area contributed by atoms with Gasteiger partial charge in [-0.3, -0.25) is 4.72 Å². The molecule has 2 aromatic carbocycles. The normalized spacial score (nSPS) is 11.3. The number of anilines is 1. The zero-order chi connectivity index (χ0) is 14.0. The lowest BCUT2D eigenvalue weighted by Crippen LogP contribution is -2.12. The number of hydrogen-bond acceptors (Lipinski definition) is 3. The van der Waals surface area contributed by atoms with Gasteiger partial charge in [0.1, 0.15) is 5.75 Å². The number of rotatable bonds is 3. The summed E-state index contributed by atoms with van der Waals surface area (Å²) >= 11 is 8.94. The first-order valence-corrected chi connectivity index (χ1v) is 7.81. The minimum Gasteiger partial charge on any atom is -0.506 e. The zero-order valence-corrected chi connectivity index (χ0v) is 12.6. The average Bonchev–Trinajstić information content (AvgIpc) is 2.33. The monoisotopic (exact) mass is 361 g/mol. The van der Waals surface area contributed by atoms with Crippen molar-refractivity contribution in [1.29, 1.82) is 0 Å². The molecule has 0 saturated carbocycles. The molecule has 0 unspecified atom stereocenters. The van der Waals surface area contributed by atoms with E-state index in [2.05, 4.69) is 20.7 Å². The maximum Gasteiger partial charge on any atom is 0.261 e. The predicted molar refractivity (Wildman–Crippen MR) is 78.1 cm³/mol. The molecule has 2 N–H and O–H groups in total. The molecule has 0 heterocycles. The molecule has 2 aromatic rings. The van der Waals surface area contributed by atoms with Crippen LogP contribution in [0.25, 0.3) is 0 Å². The van der Waals surface area contributed by atoms with Crippen LogP contribution in [-0.2, 0) is 10.0 Å². The largest absolute Gasteiger partial charge is 0.506 e. The molecule has 0 amide bonds. The van der Waals surface area contributed by atoms with Crippen molar-refractivity contribution in [3.8, 4) is 5.75 Å². The minimum atomic E-state index is -3.69. The van der Waals surface area contributed by atoms with Gasteiger partial charge in [0.05, 0.1) is 15.6 Å². The second kappa shape index (κ2) is 5.40. The van der Waals surface area contributed by atoms with Crippen LogP contribution in [0, 0.1) is 0 Å². The van der Waals surface area contributed by atoms with Gasteiger partial charge in [-0.25, -0.2) is 8.42 Å². The molecule has 4 nitrogen and oxygen atoms in total. The molecule has 0 aliphatic heterocycles. The second-order valence-electron chi connectivity index (χ2n) is 3.73. The number of aromatic hydroxyl groups is 1. The molecule has 19 heavy (non-hydrogen) atoms. The van der Waals surface area contributed by atoms with E-state index in [1.807, 2.05) is 0 Å². The first-order valence-electron chi connectivity index (χ1n) is 5.15. The molecule has 0 radical (unpaired) electrons. The van der Waals surface area contributed by atoms with Crippen molar-refractivity contribution in [3.05, 3.63) is 52.0 Å². The molecule has 0 aromatic heterocycles. The summed E-state index contributed by atoms with van der Waals surface area (Å²) in [6, 6.07) is 10.4. The number of nitrogens with one attached hydrogen (secondary N) is 1. The van der Waals surface area contributed by atoms with E-state index in [-0.39, 0.29) is 21.4 Å². The number of benzene rings is 2. The molecule has 0 bridgehead atoms. The van der Waals surface area contributed by atoms with Crippen molar-refractivity contribution in [2.24, 2.45) is 0 Å². The van der Waals surface area contributed by atoms with Gasteiger partial charge in [0.15, 0.2) is 0 Å². The van der Waals surface area contributed by atoms with Gasteiger partial charge in [0.2, 0.25) is 0 Å². The molecule has 0 saturated heterocycles. The van der Waals surface area contributed by atoms with Crippen molar-refractivity contribution in [3.63, 3.8) is 0 Å². The van der Waals surface area contributed by atoms with Crippen LogP contribution in [0.3, 0.4) is 0 Å². The fourth-order valence-electron chi connectivity index (χ4n) is 1.42. The molecular weight excluding hydrogens is 354 g/mol. The number of halogens is 2. The number of phenolic OH excluding ortho intramolecular Hbond substituents is 1. The van der Waals surface area contributed by atoms with Crippen LogP contribution in [0.1, 0.15) is 0 Å². The lowest BCUT2D eigenvalue weighted by atomic mass is 10.3. The number of sulfonamides is 1. The van der Waals surface area contributed by atoms with Crippen LogP contribution in [0.2, 0.25) is 5.02 Å². The van der Waals surface area contributed by atoms with E-state index < -0.39 is 10.0 Å². The van der Waals surface area contributed by atoms with Crippen molar-refractivity contribution < 1.29 is 13.5 Å². The molecular formula is C12H9BrClNO3S. The zero-order valence-electron chi connectivity index (χ0n) is 9.47. The number of phenols is 1. The highest BCUT2D eigenvalue weighted by molar-refractivity contribution is 9.10. The van der Waals surface area contributed by atoms with Crippen LogP contribution in [0.4, 0.5) is 5.69 Å². The van der Waals surface area contributed by atoms with E-state index in [1.165, 1.54) is 30.3 Å². The minimum absolute atomic E-state index is 0.0782. The summed E-state index contributed by atoms with van der Waals surface area (Å²) in [4.78, 5) is 0.131. The fourth-order valence-corrected chi connectivity index (χ4v) is 3.24. The molecule has 0 aliphatic carbocycles. The third-order valence-corrected chi connectivity index (χ3v) is 4.48. The summed E-state index contributed by atoms with van der Waals surface area (Å²) in [6.45, 7) is 0. The van der Waals surface area contributed by atoms with E-state index in [9.17, 15) is 13.5 Å². The van der Waals surface area contributed by atoms with E-state index in [0.29, 0.717) is 4.47 Å². The van der Waals surface area contributed by atoms with Crippen LogP contribution in [-0.4, -0.2) is 13.5 Å².